The second-order valence-electron chi connectivity index (χ2n) is 3.74. The molecule has 6 nitrogen and oxygen atoms in total. The van der Waals surface area contributed by atoms with Crippen molar-refractivity contribution in [1.82, 2.24) is 4.90 Å². The van der Waals surface area contributed by atoms with Crippen LogP contribution in [0, 0.1) is 17.1 Å². The van der Waals surface area contributed by atoms with E-state index in [0.717, 1.165) is 4.90 Å². The number of hydrogen-bond acceptors (Lipinski definition) is 3. The van der Waals surface area contributed by atoms with E-state index in [2.05, 4.69) is 5.32 Å². The molecule has 1 aromatic rings. The van der Waals surface area contributed by atoms with Gasteiger partial charge in [-0.05, 0) is 12.1 Å². The highest BCUT2D eigenvalue weighted by molar-refractivity contribution is 5.94. The van der Waals surface area contributed by atoms with Gasteiger partial charge in [0.05, 0.1) is 17.8 Å². The quantitative estimate of drug-likeness (QED) is 0.821. The van der Waals surface area contributed by atoms with Gasteiger partial charge in [-0.1, -0.05) is 0 Å². The maximum atomic E-state index is 13.8. The van der Waals surface area contributed by atoms with Gasteiger partial charge >= 0.3 is 12.0 Å². The van der Waals surface area contributed by atoms with Crippen molar-refractivity contribution in [1.29, 1.82) is 5.26 Å². The van der Waals surface area contributed by atoms with E-state index in [1.807, 2.05) is 0 Å². The SMILES string of the molecule is N#Cc1ccc2c(c1F)CN(CC(=O)O)C(=O)N2. The van der Waals surface area contributed by atoms with Crippen LogP contribution in [0.1, 0.15) is 11.1 Å². The summed E-state index contributed by atoms with van der Waals surface area (Å²) in [5.74, 6) is -1.92. The molecule has 1 aliphatic rings. The fraction of sp³-hybridized carbons (Fsp3) is 0.182. The molecule has 0 fully saturated rings. The van der Waals surface area contributed by atoms with Crippen molar-refractivity contribution in [2.75, 3.05) is 11.9 Å². The third kappa shape index (κ3) is 1.96. The first-order valence-corrected chi connectivity index (χ1v) is 5.02. The summed E-state index contributed by atoms with van der Waals surface area (Å²) in [6.07, 6.45) is 0. The Labute approximate surface area is 101 Å². The molecular weight excluding hydrogens is 241 g/mol. The van der Waals surface area contributed by atoms with Crippen LogP contribution in [0.2, 0.25) is 0 Å². The minimum atomic E-state index is -1.19. The number of anilines is 1. The Morgan fingerprint density at radius 2 is 2.33 bits per heavy atom. The summed E-state index contributed by atoms with van der Waals surface area (Å²) >= 11 is 0. The second-order valence-corrected chi connectivity index (χ2v) is 3.74. The Hall–Kier alpha value is -2.62. The van der Waals surface area contributed by atoms with Crippen molar-refractivity contribution >= 4 is 17.7 Å². The van der Waals surface area contributed by atoms with Gasteiger partial charge in [0.1, 0.15) is 18.4 Å². The van der Waals surface area contributed by atoms with E-state index < -0.39 is 24.4 Å². The molecule has 18 heavy (non-hydrogen) atoms. The summed E-state index contributed by atoms with van der Waals surface area (Å²) in [4.78, 5) is 23.0. The average Bonchev–Trinajstić information content (AvgIpc) is 2.31. The smallest absolute Gasteiger partial charge is 0.323 e. The minimum Gasteiger partial charge on any atom is -0.480 e. The molecule has 2 amide bonds. The van der Waals surface area contributed by atoms with Gasteiger partial charge in [0.2, 0.25) is 0 Å². The predicted octanol–water partition coefficient (Wildman–Crippen LogP) is 1.13. The standard InChI is InChI=1S/C11H8FN3O3/c12-10-6(3-13)1-2-8-7(10)4-15(5-9(16)17)11(18)14-8/h1-2H,4-5H2,(H,14,18)(H,16,17). The molecule has 0 aliphatic carbocycles. The molecule has 0 aromatic heterocycles. The lowest BCUT2D eigenvalue weighted by atomic mass is 10.1. The van der Waals surface area contributed by atoms with Gasteiger partial charge in [-0.2, -0.15) is 5.26 Å². The highest BCUT2D eigenvalue weighted by Crippen LogP contribution is 2.27. The Balaban J connectivity index is 2.39. The number of benzene rings is 1. The third-order valence-corrected chi connectivity index (χ3v) is 2.57. The summed E-state index contributed by atoms with van der Waals surface area (Å²) in [6.45, 7) is -0.698. The Morgan fingerprint density at radius 3 is 2.94 bits per heavy atom. The number of carboxylic acids is 1. The van der Waals surface area contributed by atoms with E-state index in [0.29, 0.717) is 0 Å². The van der Waals surface area contributed by atoms with Gasteiger partial charge < -0.3 is 15.3 Å². The number of carboxylic acid groups (broad SMARTS) is 1. The first-order chi connectivity index (χ1) is 8.52. The molecule has 0 saturated heterocycles. The monoisotopic (exact) mass is 249 g/mol. The first-order valence-electron chi connectivity index (χ1n) is 5.02. The van der Waals surface area contributed by atoms with Crippen molar-refractivity contribution in [3.8, 4) is 6.07 Å². The second kappa shape index (κ2) is 4.33. The van der Waals surface area contributed by atoms with Crippen LogP contribution in [0.15, 0.2) is 12.1 Å². The Bertz CT molecular complexity index is 580. The number of aliphatic carboxylic acids is 1. The summed E-state index contributed by atoms with van der Waals surface area (Å²) in [5, 5.41) is 19.7. The highest BCUT2D eigenvalue weighted by atomic mass is 19.1. The van der Waals surface area contributed by atoms with Crippen LogP contribution in [0.5, 0.6) is 0 Å². The van der Waals surface area contributed by atoms with Crippen molar-refractivity contribution in [2.45, 2.75) is 6.54 Å². The maximum Gasteiger partial charge on any atom is 0.323 e. The van der Waals surface area contributed by atoms with E-state index in [-0.39, 0.29) is 23.4 Å². The normalized spacial score (nSPS) is 13.6. The molecular formula is C11H8FN3O3. The lowest BCUT2D eigenvalue weighted by Gasteiger charge is -2.28. The number of carbonyl (C=O) groups is 2. The zero-order valence-corrected chi connectivity index (χ0v) is 9.11. The van der Waals surface area contributed by atoms with Crippen LogP contribution in [0.4, 0.5) is 14.9 Å². The van der Waals surface area contributed by atoms with Gasteiger partial charge in [-0.15, -0.1) is 0 Å². The van der Waals surface area contributed by atoms with E-state index in [9.17, 15) is 14.0 Å². The lowest BCUT2D eigenvalue weighted by Crippen LogP contribution is -2.42. The van der Waals surface area contributed by atoms with Crippen LogP contribution in [0.25, 0.3) is 0 Å². The number of urea groups is 1. The largest absolute Gasteiger partial charge is 0.480 e. The van der Waals surface area contributed by atoms with Gasteiger partial charge in [0.15, 0.2) is 0 Å². The van der Waals surface area contributed by atoms with Crippen LogP contribution >= 0.6 is 0 Å². The number of nitrogens with one attached hydrogen (secondary N) is 1. The molecule has 2 N–H and O–H groups in total. The van der Waals surface area contributed by atoms with Crippen LogP contribution in [0.3, 0.4) is 0 Å². The van der Waals surface area contributed by atoms with Crippen molar-refractivity contribution < 1.29 is 19.1 Å². The fourth-order valence-electron chi connectivity index (χ4n) is 1.73. The fourth-order valence-corrected chi connectivity index (χ4v) is 1.73. The lowest BCUT2D eigenvalue weighted by molar-refractivity contribution is -0.137. The van der Waals surface area contributed by atoms with E-state index in [1.54, 1.807) is 6.07 Å². The van der Waals surface area contributed by atoms with Gasteiger partial charge in [0.25, 0.3) is 0 Å². The summed E-state index contributed by atoms with van der Waals surface area (Å²) in [5.41, 5.74) is 0.244. The first kappa shape index (κ1) is 11.9. The number of fused-ring (bicyclic) bond motifs is 1. The number of amides is 2. The summed E-state index contributed by atoms with van der Waals surface area (Å²) in [7, 11) is 0. The van der Waals surface area contributed by atoms with Crippen molar-refractivity contribution in [3.63, 3.8) is 0 Å². The maximum absolute atomic E-state index is 13.8. The molecule has 1 aliphatic heterocycles. The molecule has 0 spiro atoms. The summed E-state index contributed by atoms with van der Waals surface area (Å²) in [6, 6.07) is 3.78. The molecule has 1 heterocycles. The van der Waals surface area contributed by atoms with Crippen LogP contribution in [-0.4, -0.2) is 28.6 Å². The molecule has 0 radical (unpaired) electrons. The number of rotatable bonds is 2. The molecule has 7 heteroatoms. The van der Waals surface area contributed by atoms with Gasteiger partial charge in [0, 0.05) is 5.56 Å². The molecule has 0 unspecified atom stereocenters. The average molecular weight is 249 g/mol. The Morgan fingerprint density at radius 1 is 1.61 bits per heavy atom. The number of nitriles is 1. The molecule has 1 aromatic carbocycles. The Kier molecular flexibility index (Phi) is 2.85. The van der Waals surface area contributed by atoms with E-state index in [1.165, 1.54) is 12.1 Å². The minimum absolute atomic E-state index is 0.120. The highest BCUT2D eigenvalue weighted by Gasteiger charge is 2.27. The molecule has 0 bridgehead atoms. The van der Waals surface area contributed by atoms with E-state index in [4.69, 9.17) is 10.4 Å². The molecule has 0 atom stereocenters. The summed E-state index contributed by atoms with van der Waals surface area (Å²) < 4.78 is 13.8. The van der Waals surface area contributed by atoms with Crippen LogP contribution < -0.4 is 5.32 Å². The predicted molar refractivity (Wildman–Crippen MR) is 58.2 cm³/mol. The number of hydrogen-bond donors (Lipinski definition) is 2. The number of nitrogens with zero attached hydrogens (tertiary/aromatic N) is 2. The third-order valence-electron chi connectivity index (χ3n) is 2.57. The van der Waals surface area contributed by atoms with Crippen molar-refractivity contribution in [2.24, 2.45) is 0 Å². The zero-order valence-electron chi connectivity index (χ0n) is 9.11. The molecule has 2 rings (SSSR count). The van der Waals surface area contributed by atoms with Gasteiger partial charge in [-0.25, -0.2) is 9.18 Å². The van der Waals surface area contributed by atoms with Crippen LogP contribution in [-0.2, 0) is 11.3 Å². The number of halogens is 1. The number of carbonyl (C=O) groups excluding carboxylic acids is 1. The molecule has 0 saturated carbocycles. The van der Waals surface area contributed by atoms with Crippen molar-refractivity contribution in [3.05, 3.63) is 29.1 Å². The van der Waals surface area contributed by atoms with Gasteiger partial charge in [-0.3, -0.25) is 4.79 Å². The van der Waals surface area contributed by atoms with E-state index >= 15 is 0 Å². The topological polar surface area (TPSA) is 93.4 Å². The zero-order chi connectivity index (χ0) is 13.3. The molecule has 92 valence electrons.